The molecule has 0 aromatic heterocycles. The first-order valence-electron chi connectivity index (χ1n) is 6.17. The quantitative estimate of drug-likeness (QED) is 0.621. The molecule has 0 aliphatic heterocycles. The average molecular weight is 203 g/mol. The summed E-state index contributed by atoms with van der Waals surface area (Å²) in [5.74, 6) is 1.45. The van der Waals surface area contributed by atoms with Gasteiger partial charge in [0.15, 0.2) is 0 Å². The molecular weight excluding hydrogens is 180 g/mol. The van der Waals surface area contributed by atoms with E-state index in [0.717, 1.165) is 12.3 Å². The second kappa shape index (κ2) is 6.66. The molecule has 1 rings (SSSR count). The average Bonchev–Trinajstić information content (AvgIpc) is 2.30. The van der Waals surface area contributed by atoms with Crippen LogP contribution in [0, 0.1) is 12.8 Å². The standard InChI is InChI=1S/C15H23/c1-4-10-13(5-2)15(6-3)14-11-8-7-9-12-14/h7-9,11-13,15H,3-6,10H2,1-2H3. The number of benzene rings is 1. The van der Waals surface area contributed by atoms with E-state index in [2.05, 4.69) is 51.1 Å². The zero-order valence-electron chi connectivity index (χ0n) is 10.1. The predicted molar refractivity (Wildman–Crippen MR) is 67.8 cm³/mol. The maximum Gasteiger partial charge on any atom is -0.0134 e. The minimum Gasteiger partial charge on any atom is -0.0654 e. The number of hydrogen-bond acceptors (Lipinski definition) is 0. The van der Waals surface area contributed by atoms with Gasteiger partial charge in [-0.3, -0.25) is 0 Å². The summed E-state index contributed by atoms with van der Waals surface area (Å²) in [5, 5.41) is 0. The predicted octanol–water partition coefficient (Wildman–Crippen LogP) is 4.82. The summed E-state index contributed by atoms with van der Waals surface area (Å²) in [7, 11) is 0. The summed E-state index contributed by atoms with van der Waals surface area (Å²) < 4.78 is 0. The van der Waals surface area contributed by atoms with Crippen molar-refractivity contribution in [2.75, 3.05) is 0 Å². The van der Waals surface area contributed by atoms with E-state index >= 15 is 0 Å². The minimum atomic E-state index is 0.649. The monoisotopic (exact) mass is 203 g/mol. The van der Waals surface area contributed by atoms with Crippen LogP contribution in [-0.4, -0.2) is 0 Å². The van der Waals surface area contributed by atoms with Crippen LogP contribution in [-0.2, 0) is 0 Å². The second-order valence-corrected chi connectivity index (χ2v) is 4.26. The van der Waals surface area contributed by atoms with Gasteiger partial charge in [-0.15, -0.1) is 0 Å². The summed E-state index contributed by atoms with van der Waals surface area (Å²) in [6.45, 7) is 8.68. The highest BCUT2D eigenvalue weighted by Crippen LogP contribution is 2.32. The van der Waals surface area contributed by atoms with Crippen LogP contribution < -0.4 is 0 Å². The van der Waals surface area contributed by atoms with E-state index in [1.807, 2.05) is 0 Å². The molecule has 0 heteroatoms. The molecule has 1 aromatic carbocycles. The molecule has 0 heterocycles. The Morgan fingerprint density at radius 1 is 1.13 bits per heavy atom. The van der Waals surface area contributed by atoms with Crippen LogP contribution in [0.1, 0.15) is 51.0 Å². The largest absolute Gasteiger partial charge is 0.0654 e. The van der Waals surface area contributed by atoms with Crippen LogP contribution in [0.15, 0.2) is 30.3 Å². The highest BCUT2D eigenvalue weighted by atomic mass is 14.2. The Balaban J connectivity index is 2.77. The Morgan fingerprint density at radius 2 is 1.80 bits per heavy atom. The van der Waals surface area contributed by atoms with Crippen LogP contribution in [0.3, 0.4) is 0 Å². The Bertz CT molecular complexity index is 250. The van der Waals surface area contributed by atoms with Crippen molar-refractivity contribution >= 4 is 0 Å². The molecule has 2 unspecified atom stereocenters. The smallest absolute Gasteiger partial charge is 0.0134 e. The van der Waals surface area contributed by atoms with Gasteiger partial charge < -0.3 is 0 Å². The summed E-state index contributed by atoms with van der Waals surface area (Å²) >= 11 is 0. The molecule has 2 atom stereocenters. The molecule has 0 N–H and O–H groups in total. The zero-order valence-corrected chi connectivity index (χ0v) is 10.1. The molecule has 0 aliphatic carbocycles. The van der Waals surface area contributed by atoms with Crippen molar-refractivity contribution < 1.29 is 0 Å². The van der Waals surface area contributed by atoms with E-state index in [0.29, 0.717) is 5.92 Å². The van der Waals surface area contributed by atoms with Gasteiger partial charge in [-0.2, -0.15) is 0 Å². The van der Waals surface area contributed by atoms with E-state index in [1.165, 1.54) is 24.8 Å². The SMILES string of the molecule is [CH2]CC(c1ccccc1)C(CC)CCC. The summed E-state index contributed by atoms with van der Waals surface area (Å²) in [5.41, 5.74) is 1.47. The van der Waals surface area contributed by atoms with Gasteiger partial charge in [-0.25, -0.2) is 0 Å². The van der Waals surface area contributed by atoms with E-state index in [-0.39, 0.29) is 0 Å². The van der Waals surface area contributed by atoms with Gasteiger partial charge in [0, 0.05) is 0 Å². The molecule has 1 aromatic rings. The molecule has 15 heavy (non-hydrogen) atoms. The van der Waals surface area contributed by atoms with Crippen molar-refractivity contribution in [3.05, 3.63) is 42.8 Å². The highest BCUT2D eigenvalue weighted by Gasteiger charge is 2.18. The third-order valence-corrected chi connectivity index (χ3v) is 3.29. The van der Waals surface area contributed by atoms with Gasteiger partial charge in [0.1, 0.15) is 0 Å². The molecule has 83 valence electrons. The highest BCUT2D eigenvalue weighted by molar-refractivity contribution is 5.20. The van der Waals surface area contributed by atoms with Crippen LogP contribution in [0.5, 0.6) is 0 Å². The molecule has 0 nitrogen and oxygen atoms in total. The summed E-state index contributed by atoms with van der Waals surface area (Å²) in [6, 6.07) is 10.8. The topological polar surface area (TPSA) is 0 Å². The minimum absolute atomic E-state index is 0.649. The van der Waals surface area contributed by atoms with E-state index in [4.69, 9.17) is 0 Å². The maximum absolute atomic E-state index is 4.11. The van der Waals surface area contributed by atoms with Crippen LogP contribution in [0.25, 0.3) is 0 Å². The van der Waals surface area contributed by atoms with Gasteiger partial charge in [0.25, 0.3) is 0 Å². The van der Waals surface area contributed by atoms with Crippen molar-refractivity contribution in [2.24, 2.45) is 5.92 Å². The lowest BCUT2D eigenvalue weighted by atomic mass is 9.80. The van der Waals surface area contributed by atoms with E-state index in [9.17, 15) is 0 Å². The van der Waals surface area contributed by atoms with Crippen molar-refractivity contribution in [1.82, 2.24) is 0 Å². The van der Waals surface area contributed by atoms with Gasteiger partial charge in [-0.05, 0) is 23.8 Å². The first-order chi connectivity index (χ1) is 7.33. The van der Waals surface area contributed by atoms with Gasteiger partial charge in [0.2, 0.25) is 0 Å². The molecule has 0 bridgehead atoms. The number of hydrogen-bond donors (Lipinski definition) is 0. The third kappa shape index (κ3) is 3.37. The Labute approximate surface area is 94.7 Å². The fourth-order valence-corrected chi connectivity index (χ4v) is 2.44. The molecule has 0 fully saturated rings. The molecule has 0 saturated carbocycles. The number of rotatable bonds is 6. The fraction of sp³-hybridized carbons (Fsp3) is 0.533. The van der Waals surface area contributed by atoms with Gasteiger partial charge >= 0.3 is 0 Å². The van der Waals surface area contributed by atoms with Crippen molar-refractivity contribution in [3.63, 3.8) is 0 Å². The van der Waals surface area contributed by atoms with Crippen LogP contribution >= 0.6 is 0 Å². The third-order valence-electron chi connectivity index (χ3n) is 3.29. The molecule has 0 saturated heterocycles. The maximum atomic E-state index is 4.11. The van der Waals surface area contributed by atoms with Crippen LogP contribution in [0.4, 0.5) is 0 Å². The Morgan fingerprint density at radius 3 is 2.27 bits per heavy atom. The Hall–Kier alpha value is -0.780. The second-order valence-electron chi connectivity index (χ2n) is 4.26. The zero-order chi connectivity index (χ0) is 11.1. The molecule has 0 spiro atoms. The summed E-state index contributed by atoms with van der Waals surface area (Å²) in [4.78, 5) is 0. The van der Waals surface area contributed by atoms with Crippen molar-refractivity contribution in [2.45, 2.75) is 45.4 Å². The van der Waals surface area contributed by atoms with Gasteiger partial charge in [-0.1, -0.05) is 70.4 Å². The fourth-order valence-electron chi connectivity index (χ4n) is 2.44. The molecule has 0 amide bonds. The van der Waals surface area contributed by atoms with Crippen LogP contribution in [0.2, 0.25) is 0 Å². The van der Waals surface area contributed by atoms with Gasteiger partial charge in [0.05, 0.1) is 0 Å². The lowest BCUT2D eigenvalue weighted by molar-refractivity contribution is 0.379. The molecule has 0 aliphatic rings. The van der Waals surface area contributed by atoms with E-state index in [1.54, 1.807) is 0 Å². The lowest BCUT2D eigenvalue weighted by Crippen LogP contribution is -2.11. The lowest BCUT2D eigenvalue weighted by Gasteiger charge is -2.25. The first-order valence-corrected chi connectivity index (χ1v) is 6.17. The van der Waals surface area contributed by atoms with E-state index < -0.39 is 0 Å². The normalized spacial score (nSPS) is 14.9. The first kappa shape index (κ1) is 12.3. The van der Waals surface area contributed by atoms with Crippen molar-refractivity contribution in [1.29, 1.82) is 0 Å². The Kier molecular flexibility index (Phi) is 5.45. The summed E-state index contributed by atoms with van der Waals surface area (Å²) in [6.07, 6.45) is 4.89. The molecule has 1 radical (unpaired) electrons. The molecular formula is C15H23. The van der Waals surface area contributed by atoms with Crippen molar-refractivity contribution in [3.8, 4) is 0 Å².